The van der Waals surface area contributed by atoms with Crippen molar-refractivity contribution in [2.75, 3.05) is 11.7 Å². The molecule has 6 heteroatoms. The van der Waals surface area contributed by atoms with Gasteiger partial charge in [-0.3, -0.25) is 9.59 Å². The SMILES string of the molecule is O=C1[C@H](Cc2ccc3c(c2)OCO3)[C@@](O)(c2ccccc2)C(=O)N1c1ccccc1. The summed E-state index contributed by atoms with van der Waals surface area (Å²) in [5, 5.41) is 11.7. The minimum atomic E-state index is -1.97. The first-order chi connectivity index (χ1) is 14.6. The van der Waals surface area contributed by atoms with Crippen LogP contribution in [0.25, 0.3) is 0 Å². The van der Waals surface area contributed by atoms with Crippen LogP contribution in [0.4, 0.5) is 5.69 Å². The maximum atomic E-state index is 13.4. The Labute approximate surface area is 173 Å². The number of hydrogen-bond donors (Lipinski definition) is 1. The van der Waals surface area contributed by atoms with Gasteiger partial charge in [-0.1, -0.05) is 54.6 Å². The van der Waals surface area contributed by atoms with E-state index in [4.69, 9.17) is 9.47 Å². The first kappa shape index (κ1) is 18.4. The highest BCUT2D eigenvalue weighted by molar-refractivity contribution is 6.25. The average molecular weight is 401 g/mol. The summed E-state index contributed by atoms with van der Waals surface area (Å²) in [5.41, 5.74) is -0.359. The molecule has 30 heavy (non-hydrogen) atoms. The number of benzene rings is 3. The van der Waals surface area contributed by atoms with Crippen LogP contribution >= 0.6 is 0 Å². The minimum Gasteiger partial charge on any atom is -0.454 e. The highest BCUT2D eigenvalue weighted by Crippen LogP contribution is 2.43. The zero-order chi connectivity index (χ0) is 20.7. The molecule has 0 unspecified atom stereocenters. The van der Waals surface area contributed by atoms with Gasteiger partial charge in [0.1, 0.15) is 0 Å². The van der Waals surface area contributed by atoms with Crippen molar-refractivity contribution in [3.05, 3.63) is 90.0 Å². The van der Waals surface area contributed by atoms with Crippen molar-refractivity contribution in [1.29, 1.82) is 0 Å². The smallest absolute Gasteiger partial charge is 0.271 e. The van der Waals surface area contributed by atoms with E-state index in [1.807, 2.05) is 12.1 Å². The van der Waals surface area contributed by atoms with Crippen molar-refractivity contribution in [2.45, 2.75) is 12.0 Å². The van der Waals surface area contributed by atoms with Gasteiger partial charge in [0.25, 0.3) is 5.91 Å². The first-order valence-electron chi connectivity index (χ1n) is 9.69. The molecule has 1 N–H and O–H groups in total. The van der Waals surface area contributed by atoms with E-state index in [0.717, 1.165) is 10.5 Å². The zero-order valence-corrected chi connectivity index (χ0v) is 16.0. The molecule has 1 saturated heterocycles. The van der Waals surface area contributed by atoms with E-state index in [9.17, 15) is 14.7 Å². The van der Waals surface area contributed by atoms with Crippen molar-refractivity contribution in [1.82, 2.24) is 0 Å². The van der Waals surface area contributed by atoms with Gasteiger partial charge in [-0.25, -0.2) is 4.90 Å². The van der Waals surface area contributed by atoms with Crippen LogP contribution in [0.1, 0.15) is 11.1 Å². The maximum Gasteiger partial charge on any atom is 0.271 e. The molecule has 1 fully saturated rings. The van der Waals surface area contributed by atoms with Gasteiger partial charge in [0.05, 0.1) is 11.6 Å². The third kappa shape index (κ3) is 2.76. The second kappa shape index (κ2) is 7.00. The van der Waals surface area contributed by atoms with Gasteiger partial charge in [-0.2, -0.15) is 0 Å². The Morgan fingerprint density at radius 2 is 1.57 bits per heavy atom. The third-order valence-corrected chi connectivity index (χ3v) is 5.66. The average Bonchev–Trinajstić information content (AvgIpc) is 3.32. The summed E-state index contributed by atoms with van der Waals surface area (Å²) in [6.45, 7) is 0.148. The standard InChI is InChI=1S/C24H19NO5/c26-22-19(13-16-11-12-20-21(14-16)30-15-29-20)24(28,17-7-3-1-4-8-17)23(27)25(22)18-9-5-2-6-10-18/h1-12,14,19,28H,13,15H2/t19-,24-/m0/s1. The van der Waals surface area contributed by atoms with E-state index in [0.29, 0.717) is 22.7 Å². The highest BCUT2D eigenvalue weighted by Gasteiger charge is 2.59. The number of para-hydroxylation sites is 1. The van der Waals surface area contributed by atoms with Gasteiger partial charge >= 0.3 is 0 Å². The Bertz CT molecular complexity index is 1110. The van der Waals surface area contributed by atoms with Crippen molar-refractivity contribution in [3.63, 3.8) is 0 Å². The van der Waals surface area contributed by atoms with Crippen molar-refractivity contribution in [2.24, 2.45) is 5.92 Å². The van der Waals surface area contributed by atoms with E-state index in [1.54, 1.807) is 66.7 Å². The second-order valence-corrected chi connectivity index (χ2v) is 7.39. The monoisotopic (exact) mass is 401 g/mol. The number of hydrogen-bond acceptors (Lipinski definition) is 5. The number of carbonyl (C=O) groups is 2. The molecule has 0 radical (unpaired) electrons. The van der Waals surface area contributed by atoms with Gasteiger partial charge in [0.15, 0.2) is 17.1 Å². The number of aliphatic hydroxyl groups is 1. The molecule has 0 saturated carbocycles. The van der Waals surface area contributed by atoms with E-state index >= 15 is 0 Å². The molecule has 2 atom stereocenters. The second-order valence-electron chi connectivity index (χ2n) is 7.39. The maximum absolute atomic E-state index is 13.4. The summed E-state index contributed by atoms with van der Waals surface area (Å²) in [7, 11) is 0. The van der Waals surface area contributed by atoms with E-state index in [1.165, 1.54) is 0 Å². The molecule has 2 aliphatic heterocycles. The van der Waals surface area contributed by atoms with Crippen LogP contribution in [0, 0.1) is 5.92 Å². The zero-order valence-electron chi connectivity index (χ0n) is 16.0. The summed E-state index contributed by atoms with van der Waals surface area (Å²) in [4.78, 5) is 28.0. The van der Waals surface area contributed by atoms with Crippen molar-refractivity contribution >= 4 is 17.5 Å². The summed E-state index contributed by atoms with van der Waals surface area (Å²) >= 11 is 0. The number of fused-ring (bicyclic) bond motifs is 1. The number of anilines is 1. The van der Waals surface area contributed by atoms with Crippen molar-refractivity contribution < 1.29 is 24.2 Å². The fourth-order valence-electron chi connectivity index (χ4n) is 4.13. The van der Waals surface area contributed by atoms with Gasteiger partial charge in [0, 0.05) is 0 Å². The largest absolute Gasteiger partial charge is 0.454 e. The molecule has 2 aliphatic rings. The lowest BCUT2D eigenvalue weighted by atomic mass is 9.79. The molecule has 2 amide bonds. The molecule has 2 heterocycles. The number of ether oxygens (including phenoxy) is 2. The van der Waals surface area contributed by atoms with Crippen LogP contribution in [0.5, 0.6) is 11.5 Å². The van der Waals surface area contributed by atoms with Crippen LogP contribution in [0.3, 0.4) is 0 Å². The topological polar surface area (TPSA) is 76.1 Å². The Morgan fingerprint density at radius 3 is 2.30 bits per heavy atom. The lowest BCUT2D eigenvalue weighted by Crippen LogP contribution is -2.41. The lowest BCUT2D eigenvalue weighted by molar-refractivity contribution is -0.139. The normalized spacial score (nSPS) is 22.6. The fraction of sp³-hybridized carbons (Fsp3) is 0.167. The number of amides is 2. The Hall–Kier alpha value is -3.64. The molecular weight excluding hydrogens is 382 g/mol. The molecule has 5 rings (SSSR count). The van der Waals surface area contributed by atoms with Gasteiger partial charge < -0.3 is 14.6 Å². The number of nitrogens with zero attached hydrogens (tertiary/aromatic N) is 1. The Kier molecular flexibility index (Phi) is 4.29. The first-order valence-corrected chi connectivity index (χ1v) is 9.69. The van der Waals surface area contributed by atoms with Crippen LogP contribution in [-0.4, -0.2) is 23.7 Å². The molecule has 150 valence electrons. The Morgan fingerprint density at radius 1 is 0.900 bits per heavy atom. The van der Waals surface area contributed by atoms with Gasteiger partial charge in [-0.05, 0) is 41.8 Å². The molecule has 0 aliphatic carbocycles. The van der Waals surface area contributed by atoms with Crippen LogP contribution in [0.2, 0.25) is 0 Å². The molecule has 3 aromatic carbocycles. The van der Waals surface area contributed by atoms with Crippen LogP contribution in [-0.2, 0) is 21.6 Å². The molecule has 0 aromatic heterocycles. The number of imide groups is 1. The third-order valence-electron chi connectivity index (χ3n) is 5.66. The fourth-order valence-corrected chi connectivity index (χ4v) is 4.13. The van der Waals surface area contributed by atoms with Crippen LogP contribution in [0.15, 0.2) is 78.9 Å². The molecule has 3 aromatic rings. The summed E-state index contributed by atoms with van der Waals surface area (Å²) in [6.07, 6.45) is 0.177. The summed E-state index contributed by atoms with van der Waals surface area (Å²) in [6, 6.07) is 22.7. The summed E-state index contributed by atoms with van der Waals surface area (Å²) < 4.78 is 10.8. The Balaban J connectivity index is 1.59. The molecule has 0 bridgehead atoms. The van der Waals surface area contributed by atoms with Gasteiger partial charge in [0.2, 0.25) is 12.7 Å². The van der Waals surface area contributed by atoms with Crippen molar-refractivity contribution in [3.8, 4) is 11.5 Å². The molecule has 6 nitrogen and oxygen atoms in total. The highest BCUT2D eigenvalue weighted by atomic mass is 16.7. The molecule has 0 spiro atoms. The van der Waals surface area contributed by atoms with Crippen LogP contribution < -0.4 is 14.4 Å². The number of rotatable bonds is 4. The quantitative estimate of drug-likeness (QED) is 0.680. The van der Waals surface area contributed by atoms with E-state index in [-0.39, 0.29) is 13.2 Å². The molecular formula is C24H19NO5. The van der Waals surface area contributed by atoms with E-state index < -0.39 is 23.3 Å². The minimum absolute atomic E-state index is 0.148. The number of carbonyl (C=O) groups excluding carboxylic acids is 2. The predicted molar refractivity (Wildman–Crippen MR) is 109 cm³/mol. The van der Waals surface area contributed by atoms with Gasteiger partial charge in [-0.15, -0.1) is 0 Å². The van der Waals surface area contributed by atoms with E-state index in [2.05, 4.69) is 0 Å². The summed E-state index contributed by atoms with van der Waals surface area (Å²) in [5.74, 6) is -0.830. The predicted octanol–water partition coefficient (Wildman–Crippen LogP) is 3.04. The lowest BCUT2D eigenvalue weighted by Gasteiger charge is -2.26.